The van der Waals surface area contributed by atoms with Crippen LogP contribution in [0.5, 0.6) is 0 Å². The number of hydrogen-bond donors (Lipinski definition) is 1. The Balaban J connectivity index is 1.69. The largest absolute Gasteiger partial charge is 0.364 e. The minimum atomic E-state index is -0.174. The lowest BCUT2D eigenvalue weighted by molar-refractivity contribution is 0.0815. The Morgan fingerprint density at radius 3 is 2.79 bits per heavy atom. The number of amides is 1. The second-order valence-corrected chi connectivity index (χ2v) is 7.97. The number of anilines is 1. The van der Waals surface area contributed by atoms with Gasteiger partial charge in [0.15, 0.2) is 0 Å². The molecule has 3 rings (SSSR count). The lowest BCUT2D eigenvalue weighted by atomic mass is 10.1. The third-order valence-electron chi connectivity index (χ3n) is 5.25. The number of aromatic nitrogens is 3. The SMILES string of the molecule is Cc1nc(C(=O)N(C)C)nc(N2CC[C@@H](NCc3conc3C(C)C)C2)c1C. The summed E-state index contributed by atoms with van der Waals surface area (Å²) >= 11 is 0. The maximum absolute atomic E-state index is 12.3. The van der Waals surface area contributed by atoms with E-state index in [0.29, 0.717) is 12.0 Å². The van der Waals surface area contributed by atoms with Crippen molar-refractivity contribution in [2.75, 3.05) is 32.1 Å². The highest BCUT2D eigenvalue weighted by Crippen LogP contribution is 2.25. The first-order chi connectivity index (χ1) is 13.3. The number of nitrogens with zero attached hydrogens (tertiary/aromatic N) is 5. The van der Waals surface area contributed by atoms with Crippen LogP contribution >= 0.6 is 0 Å². The van der Waals surface area contributed by atoms with Crippen molar-refractivity contribution in [3.63, 3.8) is 0 Å². The molecule has 3 heterocycles. The average Bonchev–Trinajstić information content (AvgIpc) is 3.30. The zero-order chi connectivity index (χ0) is 20.4. The van der Waals surface area contributed by atoms with Gasteiger partial charge in [-0.3, -0.25) is 4.79 Å². The highest BCUT2D eigenvalue weighted by Gasteiger charge is 2.27. The zero-order valence-electron chi connectivity index (χ0n) is 17.6. The topological polar surface area (TPSA) is 87.4 Å². The van der Waals surface area contributed by atoms with E-state index in [9.17, 15) is 4.79 Å². The molecular formula is C20H30N6O2. The molecule has 1 aliphatic rings. The molecule has 152 valence electrons. The second-order valence-electron chi connectivity index (χ2n) is 7.97. The molecule has 0 unspecified atom stereocenters. The fourth-order valence-corrected chi connectivity index (χ4v) is 3.46. The van der Waals surface area contributed by atoms with E-state index in [4.69, 9.17) is 4.52 Å². The molecule has 28 heavy (non-hydrogen) atoms. The highest BCUT2D eigenvalue weighted by molar-refractivity contribution is 5.90. The van der Waals surface area contributed by atoms with Crippen LogP contribution in [0.1, 0.15) is 59.3 Å². The molecular weight excluding hydrogens is 356 g/mol. The van der Waals surface area contributed by atoms with Gasteiger partial charge in [0.25, 0.3) is 5.91 Å². The van der Waals surface area contributed by atoms with Crippen LogP contribution in [0.25, 0.3) is 0 Å². The van der Waals surface area contributed by atoms with Gasteiger partial charge >= 0.3 is 0 Å². The van der Waals surface area contributed by atoms with Crippen molar-refractivity contribution in [2.45, 2.75) is 52.6 Å². The average molecular weight is 387 g/mol. The van der Waals surface area contributed by atoms with Crippen LogP contribution in [-0.4, -0.2) is 59.2 Å². The van der Waals surface area contributed by atoms with E-state index in [1.807, 2.05) is 13.8 Å². The van der Waals surface area contributed by atoms with E-state index >= 15 is 0 Å². The number of aryl methyl sites for hydroxylation is 1. The van der Waals surface area contributed by atoms with Crippen LogP contribution in [0.15, 0.2) is 10.8 Å². The second kappa shape index (κ2) is 8.26. The maximum atomic E-state index is 12.3. The van der Waals surface area contributed by atoms with E-state index in [1.54, 1.807) is 20.4 Å². The Morgan fingerprint density at radius 2 is 2.11 bits per heavy atom. The van der Waals surface area contributed by atoms with Gasteiger partial charge in [-0.1, -0.05) is 19.0 Å². The van der Waals surface area contributed by atoms with Crippen molar-refractivity contribution < 1.29 is 9.32 Å². The summed E-state index contributed by atoms with van der Waals surface area (Å²) in [6.45, 7) is 10.7. The normalized spacial score (nSPS) is 16.8. The van der Waals surface area contributed by atoms with Crippen LogP contribution in [-0.2, 0) is 6.54 Å². The monoisotopic (exact) mass is 386 g/mol. The third kappa shape index (κ3) is 4.16. The smallest absolute Gasteiger partial charge is 0.291 e. The molecule has 8 heteroatoms. The van der Waals surface area contributed by atoms with Gasteiger partial charge in [0.1, 0.15) is 12.1 Å². The van der Waals surface area contributed by atoms with E-state index in [0.717, 1.165) is 54.4 Å². The number of carbonyl (C=O) groups is 1. The van der Waals surface area contributed by atoms with Gasteiger partial charge in [-0.15, -0.1) is 0 Å². The molecule has 0 aromatic carbocycles. The van der Waals surface area contributed by atoms with Gasteiger partial charge in [-0.05, 0) is 26.2 Å². The van der Waals surface area contributed by atoms with E-state index < -0.39 is 0 Å². The zero-order valence-corrected chi connectivity index (χ0v) is 17.6. The van der Waals surface area contributed by atoms with Crippen LogP contribution in [0.3, 0.4) is 0 Å². The first-order valence-electron chi connectivity index (χ1n) is 9.76. The minimum Gasteiger partial charge on any atom is -0.364 e. The lowest BCUT2D eigenvalue weighted by Gasteiger charge is -2.22. The van der Waals surface area contributed by atoms with Crippen molar-refractivity contribution in [2.24, 2.45) is 0 Å². The molecule has 1 atom stereocenters. The molecule has 8 nitrogen and oxygen atoms in total. The molecule has 1 fully saturated rings. The van der Waals surface area contributed by atoms with Crippen LogP contribution in [0.2, 0.25) is 0 Å². The van der Waals surface area contributed by atoms with E-state index in [2.05, 4.69) is 39.2 Å². The Hall–Kier alpha value is -2.48. The summed E-state index contributed by atoms with van der Waals surface area (Å²) < 4.78 is 5.14. The van der Waals surface area contributed by atoms with Crippen molar-refractivity contribution in [1.29, 1.82) is 0 Å². The summed E-state index contributed by atoms with van der Waals surface area (Å²) in [5.41, 5.74) is 3.99. The van der Waals surface area contributed by atoms with Gasteiger partial charge in [0.2, 0.25) is 5.82 Å². The molecule has 1 amide bonds. The Bertz CT molecular complexity index is 845. The molecule has 1 saturated heterocycles. The number of hydrogen-bond acceptors (Lipinski definition) is 7. The van der Waals surface area contributed by atoms with E-state index in [1.165, 1.54) is 4.90 Å². The lowest BCUT2D eigenvalue weighted by Crippen LogP contribution is -2.33. The van der Waals surface area contributed by atoms with Gasteiger partial charge in [-0.25, -0.2) is 9.97 Å². The number of nitrogens with one attached hydrogen (secondary N) is 1. The molecule has 1 aliphatic heterocycles. The van der Waals surface area contributed by atoms with Crippen LogP contribution in [0.4, 0.5) is 5.82 Å². The Kier molecular flexibility index (Phi) is 5.98. The third-order valence-corrected chi connectivity index (χ3v) is 5.25. The summed E-state index contributed by atoms with van der Waals surface area (Å²) in [5, 5.41) is 7.72. The minimum absolute atomic E-state index is 0.174. The standard InChI is InChI=1S/C20H30N6O2/c1-12(2)17-15(11-28-24-17)9-21-16-7-8-26(10-16)19-13(3)14(4)22-18(23-19)20(27)25(5)6/h11-12,16,21H,7-10H2,1-6H3/t16-/m1/s1. The van der Waals surface area contributed by atoms with Crippen molar-refractivity contribution >= 4 is 11.7 Å². The predicted molar refractivity (Wildman–Crippen MR) is 108 cm³/mol. The van der Waals surface area contributed by atoms with Gasteiger partial charge in [0.05, 0.1) is 5.69 Å². The molecule has 0 bridgehead atoms. The molecule has 0 aliphatic carbocycles. The first kappa shape index (κ1) is 20.3. The molecule has 0 radical (unpaired) electrons. The van der Waals surface area contributed by atoms with Gasteiger partial charge < -0.3 is 19.6 Å². The fourth-order valence-electron chi connectivity index (χ4n) is 3.46. The predicted octanol–water partition coefficient (Wildman–Crippen LogP) is 2.28. The number of carbonyl (C=O) groups excluding carboxylic acids is 1. The number of rotatable bonds is 6. The van der Waals surface area contributed by atoms with Gasteiger partial charge in [-0.2, -0.15) is 0 Å². The highest BCUT2D eigenvalue weighted by atomic mass is 16.5. The summed E-state index contributed by atoms with van der Waals surface area (Å²) in [4.78, 5) is 25.0. The Labute approximate surface area is 166 Å². The van der Waals surface area contributed by atoms with Gasteiger partial charge in [0, 0.05) is 56.6 Å². The summed E-state index contributed by atoms with van der Waals surface area (Å²) in [6, 6.07) is 0.345. The van der Waals surface area contributed by atoms with Crippen LogP contribution < -0.4 is 10.2 Å². The molecule has 1 N–H and O–H groups in total. The summed E-state index contributed by atoms with van der Waals surface area (Å²) in [5.74, 6) is 1.28. The van der Waals surface area contributed by atoms with E-state index in [-0.39, 0.29) is 11.7 Å². The fraction of sp³-hybridized carbons (Fsp3) is 0.600. The molecule has 0 saturated carbocycles. The first-order valence-corrected chi connectivity index (χ1v) is 9.76. The maximum Gasteiger partial charge on any atom is 0.291 e. The summed E-state index contributed by atoms with van der Waals surface area (Å²) in [7, 11) is 3.43. The van der Waals surface area contributed by atoms with Crippen LogP contribution in [0, 0.1) is 13.8 Å². The molecule has 2 aromatic rings. The Morgan fingerprint density at radius 1 is 1.36 bits per heavy atom. The quantitative estimate of drug-likeness (QED) is 0.815. The molecule has 0 spiro atoms. The summed E-state index contributed by atoms with van der Waals surface area (Å²) in [6.07, 6.45) is 2.74. The van der Waals surface area contributed by atoms with Crippen molar-refractivity contribution in [1.82, 2.24) is 25.3 Å². The van der Waals surface area contributed by atoms with Crippen molar-refractivity contribution in [3.8, 4) is 0 Å². The molecule has 2 aromatic heterocycles. The van der Waals surface area contributed by atoms with Crippen molar-refractivity contribution in [3.05, 3.63) is 34.6 Å².